The van der Waals surface area contributed by atoms with E-state index in [1.807, 2.05) is 32.0 Å². The minimum absolute atomic E-state index is 0.142. The average molecular weight is 369 g/mol. The van der Waals surface area contributed by atoms with Crippen molar-refractivity contribution in [2.24, 2.45) is 0 Å². The number of furan rings is 1. The summed E-state index contributed by atoms with van der Waals surface area (Å²) in [6.07, 6.45) is 1.61. The Labute approximate surface area is 155 Å². The largest absolute Gasteiger partial charge is 0.469 e. The highest BCUT2D eigenvalue weighted by Crippen LogP contribution is 2.21. The molecule has 0 atom stereocenters. The first-order valence-electron chi connectivity index (χ1n) is 8.10. The summed E-state index contributed by atoms with van der Waals surface area (Å²) in [5, 5.41) is 7.87. The second-order valence-corrected chi connectivity index (χ2v) is 6.84. The molecule has 6 nitrogen and oxygen atoms in total. The zero-order chi connectivity index (χ0) is 18.7. The van der Waals surface area contributed by atoms with Gasteiger partial charge in [0.25, 0.3) is 5.91 Å². The number of benzene rings is 1. The molecule has 0 radical (unpaired) electrons. The molecule has 0 saturated heterocycles. The van der Waals surface area contributed by atoms with Crippen LogP contribution in [0.5, 0.6) is 0 Å². The molecule has 0 spiro atoms. The number of hydrogen-bond donors (Lipinski definition) is 2. The van der Waals surface area contributed by atoms with Crippen LogP contribution in [-0.4, -0.2) is 16.8 Å². The van der Waals surface area contributed by atoms with Gasteiger partial charge in [-0.3, -0.25) is 14.9 Å². The first kappa shape index (κ1) is 17.9. The average Bonchev–Trinajstić information content (AvgIpc) is 3.20. The number of rotatable bonds is 5. The molecule has 0 aliphatic heterocycles. The maximum atomic E-state index is 12.3. The molecule has 0 aliphatic carbocycles. The standard InChI is InChI=1S/C19H19N3O3S/c1-11-5-4-6-12(2)17(11)21-16(23)9-14-10-26-19(20-14)22-18(24)15-7-8-25-13(15)3/h4-8,10H,9H2,1-3H3,(H,21,23)(H,20,22,24). The molecular formula is C19H19N3O3S. The Morgan fingerprint density at radius 2 is 1.85 bits per heavy atom. The number of para-hydroxylation sites is 1. The summed E-state index contributed by atoms with van der Waals surface area (Å²) in [4.78, 5) is 28.8. The molecule has 0 fully saturated rings. The van der Waals surface area contributed by atoms with Crippen molar-refractivity contribution in [3.05, 3.63) is 64.1 Å². The summed E-state index contributed by atoms with van der Waals surface area (Å²) in [5.41, 5.74) is 3.93. The molecule has 7 heteroatoms. The number of hydrogen-bond acceptors (Lipinski definition) is 5. The van der Waals surface area contributed by atoms with E-state index in [9.17, 15) is 9.59 Å². The molecule has 3 rings (SSSR count). The van der Waals surface area contributed by atoms with Crippen molar-refractivity contribution in [1.29, 1.82) is 0 Å². The normalized spacial score (nSPS) is 10.6. The SMILES string of the molecule is Cc1cccc(C)c1NC(=O)Cc1csc(NC(=O)c2ccoc2C)n1. The van der Waals surface area contributed by atoms with Crippen LogP contribution in [0.4, 0.5) is 10.8 Å². The van der Waals surface area contributed by atoms with E-state index in [0.717, 1.165) is 16.8 Å². The zero-order valence-electron chi connectivity index (χ0n) is 14.8. The second kappa shape index (κ2) is 7.53. The predicted molar refractivity (Wildman–Crippen MR) is 102 cm³/mol. The maximum Gasteiger partial charge on any atom is 0.260 e. The fourth-order valence-electron chi connectivity index (χ4n) is 2.59. The molecule has 2 aromatic heterocycles. The zero-order valence-corrected chi connectivity index (χ0v) is 15.6. The smallest absolute Gasteiger partial charge is 0.260 e. The lowest BCUT2D eigenvalue weighted by Gasteiger charge is -2.10. The topological polar surface area (TPSA) is 84.2 Å². The Balaban J connectivity index is 1.62. The van der Waals surface area contributed by atoms with Crippen molar-refractivity contribution < 1.29 is 14.0 Å². The molecule has 0 unspecified atom stereocenters. The van der Waals surface area contributed by atoms with E-state index < -0.39 is 0 Å². The highest BCUT2D eigenvalue weighted by atomic mass is 32.1. The van der Waals surface area contributed by atoms with Crippen molar-refractivity contribution in [3.8, 4) is 0 Å². The highest BCUT2D eigenvalue weighted by Gasteiger charge is 2.15. The van der Waals surface area contributed by atoms with E-state index in [1.165, 1.54) is 17.6 Å². The number of amides is 2. The fraction of sp³-hybridized carbons (Fsp3) is 0.211. The number of carbonyl (C=O) groups is 2. The molecule has 0 bridgehead atoms. The van der Waals surface area contributed by atoms with Crippen LogP contribution in [0, 0.1) is 20.8 Å². The molecule has 2 amide bonds. The minimum atomic E-state index is -0.280. The van der Waals surface area contributed by atoms with Crippen molar-refractivity contribution >= 4 is 34.0 Å². The summed E-state index contributed by atoms with van der Waals surface area (Å²) < 4.78 is 5.13. The van der Waals surface area contributed by atoms with Gasteiger partial charge in [-0.2, -0.15) is 0 Å². The van der Waals surface area contributed by atoms with Crippen LogP contribution in [0.15, 0.2) is 40.3 Å². The van der Waals surface area contributed by atoms with Crippen LogP contribution in [0.1, 0.15) is 32.9 Å². The van der Waals surface area contributed by atoms with Crippen LogP contribution in [-0.2, 0) is 11.2 Å². The van der Waals surface area contributed by atoms with Gasteiger partial charge in [0, 0.05) is 11.1 Å². The van der Waals surface area contributed by atoms with Gasteiger partial charge >= 0.3 is 0 Å². The maximum absolute atomic E-state index is 12.3. The van der Waals surface area contributed by atoms with Gasteiger partial charge in [0.2, 0.25) is 5.91 Å². The van der Waals surface area contributed by atoms with E-state index in [4.69, 9.17) is 4.42 Å². The Morgan fingerprint density at radius 1 is 1.12 bits per heavy atom. The van der Waals surface area contributed by atoms with Crippen molar-refractivity contribution in [3.63, 3.8) is 0 Å². The first-order chi connectivity index (χ1) is 12.4. The quantitative estimate of drug-likeness (QED) is 0.709. The Morgan fingerprint density at radius 3 is 2.50 bits per heavy atom. The minimum Gasteiger partial charge on any atom is -0.469 e. The van der Waals surface area contributed by atoms with Gasteiger partial charge in [-0.15, -0.1) is 11.3 Å². The van der Waals surface area contributed by atoms with Gasteiger partial charge in [0.15, 0.2) is 5.13 Å². The summed E-state index contributed by atoms with van der Waals surface area (Å²) >= 11 is 1.28. The van der Waals surface area contributed by atoms with Gasteiger partial charge < -0.3 is 9.73 Å². The first-order valence-corrected chi connectivity index (χ1v) is 8.98. The molecule has 26 heavy (non-hydrogen) atoms. The molecule has 2 heterocycles. The van der Waals surface area contributed by atoms with Crippen molar-refractivity contribution in [1.82, 2.24) is 4.98 Å². The number of aryl methyl sites for hydroxylation is 3. The van der Waals surface area contributed by atoms with Gasteiger partial charge in [0.1, 0.15) is 5.76 Å². The Kier molecular flexibility index (Phi) is 5.18. The third-order valence-corrected chi connectivity index (χ3v) is 4.77. The number of anilines is 2. The van der Waals surface area contributed by atoms with Crippen LogP contribution in [0.3, 0.4) is 0 Å². The summed E-state index contributed by atoms with van der Waals surface area (Å²) in [6.45, 7) is 5.63. The lowest BCUT2D eigenvalue weighted by atomic mass is 10.1. The van der Waals surface area contributed by atoms with Gasteiger partial charge in [-0.1, -0.05) is 18.2 Å². The van der Waals surface area contributed by atoms with E-state index in [2.05, 4.69) is 15.6 Å². The molecule has 134 valence electrons. The van der Waals surface area contributed by atoms with Gasteiger partial charge in [0.05, 0.1) is 23.9 Å². The lowest BCUT2D eigenvalue weighted by molar-refractivity contribution is -0.115. The third-order valence-electron chi connectivity index (χ3n) is 3.96. The predicted octanol–water partition coefficient (Wildman–Crippen LogP) is 4.09. The summed E-state index contributed by atoms with van der Waals surface area (Å²) in [6, 6.07) is 7.47. The lowest BCUT2D eigenvalue weighted by Crippen LogP contribution is -2.16. The Bertz CT molecular complexity index is 938. The molecule has 0 saturated carbocycles. The van der Waals surface area contributed by atoms with E-state index in [1.54, 1.807) is 18.4 Å². The number of nitrogens with one attached hydrogen (secondary N) is 2. The fourth-order valence-corrected chi connectivity index (χ4v) is 3.30. The number of thiazole rings is 1. The van der Waals surface area contributed by atoms with Crippen LogP contribution in [0.2, 0.25) is 0 Å². The van der Waals surface area contributed by atoms with E-state index in [-0.39, 0.29) is 18.2 Å². The number of nitrogens with zero attached hydrogens (tertiary/aromatic N) is 1. The van der Waals surface area contributed by atoms with E-state index >= 15 is 0 Å². The summed E-state index contributed by atoms with van der Waals surface area (Å²) in [5.74, 6) is 0.126. The highest BCUT2D eigenvalue weighted by molar-refractivity contribution is 7.14. The molecule has 0 aliphatic rings. The monoisotopic (exact) mass is 369 g/mol. The van der Waals surface area contributed by atoms with Gasteiger partial charge in [-0.05, 0) is 38.0 Å². The van der Waals surface area contributed by atoms with Crippen molar-refractivity contribution in [2.75, 3.05) is 10.6 Å². The van der Waals surface area contributed by atoms with E-state index in [0.29, 0.717) is 22.1 Å². The second-order valence-electron chi connectivity index (χ2n) is 5.98. The van der Waals surface area contributed by atoms with Crippen molar-refractivity contribution in [2.45, 2.75) is 27.2 Å². The molecule has 1 aromatic carbocycles. The van der Waals surface area contributed by atoms with Crippen LogP contribution in [0.25, 0.3) is 0 Å². The van der Waals surface area contributed by atoms with Crippen LogP contribution < -0.4 is 10.6 Å². The molecule has 3 aromatic rings. The molecule has 2 N–H and O–H groups in total. The van der Waals surface area contributed by atoms with Gasteiger partial charge in [-0.25, -0.2) is 4.98 Å². The van der Waals surface area contributed by atoms with Crippen LogP contribution >= 0.6 is 11.3 Å². The molecular weight excluding hydrogens is 350 g/mol. The third kappa shape index (κ3) is 4.00. The number of carbonyl (C=O) groups excluding carboxylic acids is 2. The summed E-state index contributed by atoms with van der Waals surface area (Å²) in [7, 11) is 0. The Hall–Kier alpha value is -2.93. The number of aromatic nitrogens is 1.